The van der Waals surface area contributed by atoms with Crippen LogP contribution in [0.25, 0.3) is 0 Å². The highest BCUT2D eigenvalue weighted by Crippen LogP contribution is 2.23. The smallest absolute Gasteiger partial charge is 0.238 e. The van der Waals surface area contributed by atoms with Crippen molar-refractivity contribution in [3.8, 4) is 0 Å². The maximum atomic E-state index is 11.4. The summed E-state index contributed by atoms with van der Waals surface area (Å²) in [5.74, 6) is 0.615. The fourth-order valence-corrected chi connectivity index (χ4v) is 3.23. The Morgan fingerprint density at radius 1 is 1.35 bits per heavy atom. The zero-order valence-electron chi connectivity index (χ0n) is 12.0. The number of nitrogens with one attached hydrogen (secondary N) is 1. The van der Waals surface area contributed by atoms with E-state index in [9.17, 15) is 8.42 Å². The lowest BCUT2D eigenvalue weighted by Crippen LogP contribution is -2.37. The fourth-order valence-electron chi connectivity index (χ4n) is 2.67. The molecular weight excluding hydrogens is 274 g/mol. The van der Waals surface area contributed by atoms with Gasteiger partial charge in [0.15, 0.2) is 0 Å². The number of likely N-dealkylation sites (tertiary alicyclic amines) is 1. The van der Waals surface area contributed by atoms with Crippen LogP contribution in [0.3, 0.4) is 0 Å². The topological polar surface area (TPSA) is 75.4 Å². The SMILES string of the molecule is CC(Nc1cccc(S(N)(=O)=O)c1)C1CCN(C)CC1. The van der Waals surface area contributed by atoms with Crippen molar-refractivity contribution in [2.24, 2.45) is 11.1 Å². The molecule has 5 nitrogen and oxygen atoms in total. The largest absolute Gasteiger partial charge is 0.382 e. The molecule has 0 radical (unpaired) electrons. The summed E-state index contributed by atoms with van der Waals surface area (Å²) in [5, 5.41) is 8.55. The van der Waals surface area contributed by atoms with E-state index in [2.05, 4.69) is 24.2 Å². The summed E-state index contributed by atoms with van der Waals surface area (Å²) in [6, 6.07) is 7.02. The quantitative estimate of drug-likeness (QED) is 0.882. The first-order valence-electron chi connectivity index (χ1n) is 6.94. The second-order valence-corrected chi connectivity index (χ2v) is 7.21. The Kier molecular flexibility index (Phi) is 4.67. The summed E-state index contributed by atoms with van der Waals surface area (Å²) in [4.78, 5) is 2.49. The van der Waals surface area contributed by atoms with Crippen LogP contribution in [0, 0.1) is 5.92 Å². The van der Waals surface area contributed by atoms with E-state index in [1.807, 2.05) is 6.07 Å². The number of hydrogen-bond acceptors (Lipinski definition) is 4. The van der Waals surface area contributed by atoms with Crippen LogP contribution in [-0.4, -0.2) is 39.5 Å². The first-order valence-corrected chi connectivity index (χ1v) is 8.49. The number of piperidine rings is 1. The number of rotatable bonds is 4. The number of primary sulfonamides is 1. The Hall–Kier alpha value is -1.11. The van der Waals surface area contributed by atoms with Crippen LogP contribution in [0.5, 0.6) is 0 Å². The molecule has 1 aromatic carbocycles. The van der Waals surface area contributed by atoms with Gasteiger partial charge in [-0.1, -0.05) is 6.07 Å². The molecule has 1 aromatic rings. The van der Waals surface area contributed by atoms with Gasteiger partial charge in [0.05, 0.1) is 4.90 Å². The summed E-state index contributed by atoms with van der Waals surface area (Å²) in [6.07, 6.45) is 2.33. The van der Waals surface area contributed by atoms with Crippen LogP contribution < -0.4 is 10.5 Å². The molecule has 6 heteroatoms. The molecule has 0 amide bonds. The summed E-state index contributed by atoms with van der Waals surface area (Å²) in [7, 11) is -1.50. The Balaban J connectivity index is 2.03. The zero-order chi connectivity index (χ0) is 14.8. The molecule has 1 fully saturated rings. The number of anilines is 1. The standard InChI is InChI=1S/C14H23N3O2S/c1-11(12-6-8-17(2)9-7-12)16-13-4-3-5-14(10-13)20(15,18)19/h3-5,10-12,16H,6-9H2,1-2H3,(H2,15,18,19). The average molecular weight is 297 g/mol. The van der Waals surface area contributed by atoms with E-state index in [0.717, 1.165) is 18.8 Å². The zero-order valence-corrected chi connectivity index (χ0v) is 12.9. The van der Waals surface area contributed by atoms with Gasteiger partial charge >= 0.3 is 0 Å². The molecular formula is C14H23N3O2S. The van der Waals surface area contributed by atoms with Gasteiger partial charge in [-0.3, -0.25) is 0 Å². The van der Waals surface area contributed by atoms with E-state index in [0.29, 0.717) is 12.0 Å². The monoisotopic (exact) mass is 297 g/mol. The van der Waals surface area contributed by atoms with Crippen LogP contribution in [0.2, 0.25) is 0 Å². The number of benzene rings is 1. The summed E-state index contributed by atoms with van der Waals surface area (Å²) < 4.78 is 22.7. The third kappa shape index (κ3) is 3.94. The van der Waals surface area contributed by atoms with Gasteiger partial charge in [0.2, 0.25) is 10.0 Å². The van der Waals surface area contributed by atoms with E-state index in [-0.39, 0.29) is 4.90 Å². The first kappa shape index (κ1) is 15.3. The van der Waals surface area contributed by atoms with Gasteiger partial charge in [0, 0.05) is 11.7 Å². The van der Waals surface area contributed by atoms with Crippen LogP contribution in [-0.2, 0) is 10.0 Å². The molecule has 112 valence electrons. The van der Waals surface area contributed by atoms with Crippen molar-refractivity contribution in [3.05, 3.63) is 24.3 Å². The van der Waals surface area contributed by atoms with Crippen molar-refractivity contribution in [2.75, 3.05) is 25.5 Å². The minimum Gasteiger partial charge on any atom is -0.382 e. The van der Waals surface area contributed by atoms with E-state index >= 15 is 0 Å². The van der Waals surface area contributed by atoms with Crippen LogP contribution >= 0.6 is 0 Å². The van der Waals surface area contributed by atoms with Crippen LogP contribution in [0.4, 0.5) is 5.69 Å². The molecule has 1 unspecified atom stereocenters. The molecule has 0 saturated carbocycles. The van der Waals surface area contributed by atoms with Gasteiger partial charge in [-0.15, -0.1) is 0 Å². The Morgan fingerprint density at radius 3 is 2.60 bits per heavy atom. The van der Waals surface area contributed by atoms with E-state index in [1.54, 1.807) is 12.1 Å². The van der Waals surface area contributed by atoms with E-state index in [4.69, 9.17) is 5.14 Å². The van der Waals surface area contributed by atoms with Crippen molar-refractivity contribution < 1.29 is 8.42 Å². The molecule has 1 heterocycles. The van der Waals surface area contributed by atoms with Gasteiger partial charge in [0.1, 0.15) is 0 Å². The number of nitrogens with zero attached hydrogens (tertiary/aromatic N) is 1. The van der Waals surface area contributed by atoms with Gasteiger partial charge in [-0.25, -0.2) is 13.6 Å². The Labute approximate surface area is 121 Å². The molecule has 3 N–H and O–H groups in total. The van der Waals surface area contributed by atoms with Crippen molar-refractivity contribution in [3.63, 3.8) is 0 Å². The van der Waals surface area contributed by atoms with Crippen LogP contribution in [0.15, 0.2) is 29.2 Å². The third-order valence-corrected chi connectivity index (χ3v) is 4.94. The summed E-state index contributed by atoms with van der Waals surface area (Å²) in [5.41, 5.74) is 0.808. The second kappa shape index (κ2) is 6.11. The van der Waals surface area contributed by atoms with Crippen LogP contribution in [0.1, 0.15) is 19.8 Å². The van der Waals surface area contributed by atoms with Gasteiger partial charge < -0.3 is 10.2 Å². The fraction of sp³-hybridized carbons (Fsp3) is 0.571. The average Bonchev–Trinajstić information content (AvgIpc) is 2.38. The molecule has 0 bridgehead atoms. The highest BCUT2D eigenvalue weighted by molar-refractivity contribution is 7.89. The summed E-state index contributed by atoms with van der Waals surface area (Å²) >= 11 is 0. The van der Waals surface area contributed by atoms with Crippen molar-refractivity contribution >= 4 is 15.7 Å². The first-order chi connectivity index (χ1) is 9.36. The van der Waals surface area contributed by atoms with E-state index in [1.165, 1.54) is 18.9 Å². The predicted octanol–water partition coefficient (Wildman–Crippen LogP) is 1.48. The van der Waals surface area contributed by atoms with Crippen molar-refractivity contribution in [2.45, 2.75) is 30.7 Å². The second-order valence-electron chi connectivity index (χ2n) is 5.65. The Morgan fingerprint density at radius 2 is 2.00 bits per heavy atom. The van der Waals surface area contributed by atoms with Crippen molar-refractivity contribution in [1.29, 1.82) is 0 Å². The minimum absolute atomic E-state index is 0.151. The molecule has 1 aliphatic heterocycles. The molecule has 1 saturated heterocycles. The third-order valence-electron chi connectivity index (χ3n) is 4.03. The number of nitrogens with two attached hydrogens (primary N) is 1. The summed E-state index contributed by atoms with van der Waals surface area (Å²) in [6.45, 7) is 4.39. The predicted molar refractivity (Wildman–Crippen MR) is 81.1 cm³/mol. The lowest BCUT2D eigenvalue weighted by Gasteiger charge is -2.33. The molecule has 2 rings (SSSR count). The molecule has 1 aliphatic rings. The normalized spacial score (nSPS) is 19.8. The molecule has 1 atom stereocenters. The molecule has 0 aliphatic carbocycles. The molecule has 0 aromatic heterocycles. The van der Waals surface area contributed by atoms with Gasteiger partial charge in [0.25, 0.3) is 0 Å². The van der Waals surface area contributed by atoms with Gasteiger partial charge in [-0.2, -0.15) is 0 Å². The highest BCUT2D eigenvalue weighted by Gasteiger charge is 2.22. The maximum absolute atomic E-state index is 11.4. The van der Waals surface area contributed by atoms with Crippen molar-refractivity contribution in [1.82, 2.24) is 4.90 Å². The molecule has 0 spiro atoms. The maximum Gasteiger partial charge on any atom is 0.238 e. The van der Waals surface area contributed by atoms with E-state index < -0.39 is 10.0 Å². The Bertz CT molecular complexity index is 551. The minimum atomic E-state index is -3.64. The number of sulfonamides is 1. The lowest BCUT2D eigenvalue weighted by atomic mass is 9.90. The van der Waals surface area contributed by atoms with Gasteiger partial charge in [-0.05, 0) is 64.0 Å². The molecule has 20 heavy (non-hydrogen) atoms. The lowest BCUT2D eigenvalue weighted by molar-refractivity contribution is 0.208. The number of hydrogen-bond donors (Lipinski definition) is 2. The highest BCUT2D eigenvalue weighted by atomic mass is 32.2.